The van der Waals surface area contributed by atoms with Crippen molar-refractivity contribution in [2.45, 2.75) is 20.1 Å². The van der Waals surface area contributed by atoms with Crippen molar-refractivity contribution in [2.75, 3.05) is 7.11 Å². The van der Waals surface area contributed by atoms with Crippen molar-refractivity contribution in [3.63, 3.8) is 0 Å². The van der Waals surface area contributed by atoms with E-state index in [1.165, 1.54) is 23.5 Å². The zero-order valence-corrected chi connectivity index (χ0v) is 15.8. The number of halogens is 1. The second-order valence-electron chi connectivity index (χ2n) is 5.88. The van der Waals surface area contributed by atoms with Gasteiger partial charge in [0.05, 0.1) is 7.11 Å². The van der Waals surface area contributed by atoms with Gasteiger partial charge in [-0.05, 0) is 42.3 Å². The molecule has 0 radical (unpaired) electrons. The van der Waals surface area contributed by atoms with Gasteiger partial charge >= 0.3 is 0 Å². The number of nitrogens with one attached hydrogen (secondary N) is 1. The summed E-state index contributed by atoms with van der Waals surface area (Å²) in [5.74, 6) is 0.631. The van der Waals surface area contributed by atoms with E-state index in [4.69, 9.17) is 9.47 Å². The highest BCUT2D eigenvalue weighted by Gasteiger charge is 2.12. The summed E-state index contributed by atoms with van der Waals surface area (Å²) in [6.07, 6.45) is 0. The number of ether oxygens (including phenoxy) is 2. The van der Waals surface area contributed by atoms with Crippen LogP contribution in [0.2, 0.25) is 0 Å². The Hall–Kier alpha value is -2.93. The average molecular weight is 386 g/mol. The molecule has 0 atom stereocenters. The lowest BCUT2D eigenvalue weighted by atomic mass is 10.2. The molecule has 0 spiro atoms. The minimum absolute atomic E-state index is 0.237. The first-order chi connectivity index (χ1) is 13.0. The van der Waals surface area contributed by atoms with Gasteiger partial charge in [0, 0.05) is 11.9 Å². The number of hydrogen-bond donors (Lipinski definition) is 1. The molecule has 0 aliphatic rings. The van der Waals surface area contributed by atoms with Crippen molar-refractivity contribution in [1.29, 1.82) is 0 Å². The summed E-state index contributed by atoms with van der Waals surface area (Å²) in [4.78, 5) is 16.5. The van der Waals surface area contributed by atoms with Crippen LogP contribution in [0.3, 0.4) is 0 Å². The molecule has 1 amide bonds. The fourth-order valence-electron chi connectivity index (χ4n) is 2.43. The molecule has 7 heteroatoms. The van der Waals surface area contributed by atoms with Crippen molar-refractivity contribution in [3.8, 4) is 11.5 Å². The summed E-state index contributed by atoms with van der Waals surface area (Å²) in [5.41, 5.74) is 2.07. The van der Waals surface area contributed by atoms with E-state index in [1.807, 2.05) is 25.1 Å². The van der Waals surface area contributed by atoms with Crippen molar-refractivity contribution in [2.24, 2.45) is 0 Å². The topological polar surface area (TPSA) is 60.5 Å². The Morgan fingerprint density at radius 2 is 2.07 bits per heavy atom. The number of aromatic nitrogens is 1. The molecule has 1 heterocycles. The number of aryl methyl sites for hydroxylation is 1. The smallest absolute Gasteiger partial charge is 0.271 e. The maximum Gasteiger partial charge on any atom is 0.271 e. The second kappa shape index (κ2) is 8.64. The van der Waals surface area contributed by atoms with E-state index < -0.39 is 0 Å². The molecule has 3 aromatic rings. The number of benzene rings is 2. The van der Waals surface area contributed by atoms with E-state index in [-0.39, 0.29) is 24.9 Å². The summed E-state index contributed by atoms with van der Waals surface area (Å²) in [6.45, 7) is 2.45. The van der Waals surface area contributed by atoms with Crippen LogP contribution >= 0.6 is 11.3 Å². The quantitative estimate of drug-likeness (QED) is 0.664. The van der Waals surface area contributed by atoms with Crippen LogP contribution in [0.5, 0.6) is 11.5 Å². The van der Waals surface area contributed by atoms with E-state index in [0.29, 0.717) is 27.8 Å². The molecule has 0 aliphatic heterocycles. The molecule has 3 rings (SSSR count). The number of amides is 1. The Morgan fingerprint density at radius 3 is 2.85 bits per heavy atom. The first-order valence-electron chi connectivity index (χ1n) is 8.29. The minimum atomic E-state index is -0.332. The molecule has 0 aliphatic carbocycles. The maximum absolute atomic E-state index is 13.2. The molecule has 0 unspecified atom stereocenters. The SMILES string of the molecule is COc1cc(C)ccc1OCc1nc(C(=O)NCc2cccc(F)c2)cs1. The standard InChI is InChI=1S/C20H19FN2O3S/c1-13-6-7-17(18(8-13)25-2)26-11-19-23-16(12-27-19)20(24)22-10-14-4-3-5-15(21)9-14/h3-9,12H,10-11H2,1-2H3,(H,22,24). The third kappa shape index (κ3) is 5.04. The van der Waals surface area contributed by atoms with Crippen LogP contribution in [-0.2, 0) is 13.2 Å². The highest BCUT2D eigenvalue weighted by molar-refractivity contribution is 7.09. The Kier molecular flexibility index (Phi) is 6.03. The molecular weight excluding hydrogens is 367 g/mol. The maximum atomic E-state index is 13.2. The molecule has 27 heavy (non-hydrogen) atoms. The number of hydrogen-bond acceptors (Lipinski definition) is 5. The largest absolute Gasteiger partial charge is 0.493 e. The Bertz CT molecular complexity index is 942. The van der Waals surface area contributed by atoms with Gasteiger partial charge in [-0.1, -0.05) is 18.2 Å². The lowest BCUT2D eigenvalue weighted by Gasteiger charge is -2.10. The fraction of sp³-hybridized carbons (Fsp3) is 0.200. The lowest BCUT2D eigenvalue weighted by molar-refractivity contribution is 0.0946. The molecule has 1 N–H and O–H groups in total. The van der Waals surface area contributed by atoms with Crippen molar-refractivity contribution < 1.29 is 18.7 Å². The van der Waals surface area contributed by atoms with E-state index >= 15 is 0 Å². The van der Waals surface area contributed by atoms with Crippen LogP contribution in [0.4, 0.5) is 4.39 Å². The summed E-state index contributed by atoms with van der Waals surface area (Å²) in [7, 11) is 1.59. The highest BCUT2D eigenvalue weighted by Crippen LogP contribution is 2.28. The molecule has 5 nitrogen and oxygen atoms in total. The van der Waals surface area contributed by atoms with Crippen LogP contribution in [0.1, 0.15) is 26.6 Å². The van der Waals surface area contributed by atoms with Gasteiger partial charge in [-0.15, -0.1) is 11.3 Å². The summed E-state index contributed by atoms with van der Waals surface area (Å²) in [6, 6.07) is 11.8. The predicted octanol–water partition coefficient (Wildman–Crippen LogP) is 4.11. The summed E-state index contributed by atoms with van der Waals surface area (Å²) in [5, 5.41) is 5.08. The monoisotopic (exact) mass is 386 g/mol. The highest BCUT2D eigenvalue weighted by atomic mass is 32.1. The van der Waals surface area contributed by atoms with Crippen LogP contribution < -0.4 is 14.8 Å². The van der Waals surface area contributed by atoms with E-state index in [2.05, 4.69) is 10.3 Å². The fourth-order valence-corrected chi connectivity index (χ4v) is 3.12. The predicted molar refractivity (Wildman–Crippen MR) is 102 cm³/mol. The van der Waals surface area contributed by atoms with Gasteiger partial charge in [0.2, 0.25) is 0 Å². The average Bonchev–Trinajstić information content (AvgIpc) is 3.14. The molecule has 0 saturated heterocycles. The molecule has 140 valence electrons. The van der Waals surface area contributed by atoms with E-state index in [0.717, 1.165) is 5.56 Å². The number of carbonyl (C=O) groups is 1. The van der Waals surface area contributed by atoms with Crippen LogP contribution in [0, 0.1) is 12.7 Å². The minimum Gasteiger partial charge on any atom is -0.493 e. The molecule has 0 saturated carbocycles. The number of nitrogens with zero attached hydrogens (tertiary/aromatic N) is 1. The van der Waals surface area contributed by atoms with Gasteiger partial charge in [0.25, 0.3) is 5.91 Å². The normalized spacial score (nSPS) is 10.5. The van der Waals surface area contributed by atoms with Gasteiger partial charge in [0.15, 0.2) is 11.5 Å². The first kappa shape index (κ1) is 18.8. The third-order valence-corrected chi connectivity index (χ3v) is 4.62. The van der Waals surface area contributed by atoms with E-state index in [1.54, 1.807) is 24.6 Å². The third-order valence-electron chi connectivity index (χ3n) is 3.80. The second-order valence-corrected chi connectivity index (χ2v) is 6.82. The van der Waals surface area contributed by atoms with Crippen molar-refractivity contribution in [1.82, 2.24) is 10.3 Å². The van der Waals surface area contributed by atoms with Gasteiger partial charge in [-0.3, -0.25) is 4.79 Å². The number of rotatable bonds is 7. The Balaban J connectivity index is 1.57. The number of methoxy groups -OCH3 is 1. The number of carbonyl (C=O) groups excluding carboxylic acids is 1. The molecule has 2 aromatic carbocycles. The van der Waals surface area contributed by atoms with Crippen molar-refractivity contribution >= 4 is 17.2 Å². The van der Waals surface area contributed by atoms with Crippen LogP contribution in [0.15, 0.2) is 47.8 Å². The van der Waals surface area contributed by atoms with Crippen LogP contribution in [-0.4, -0.2) is 18.0 Å². The summed E-state index contributed by atoms with van der Waals surface area (Å²) < 4.78 is 24.2. The van der Waals surface area contributed by atoms with Gasteiger partial charge in [-0.25, -0.2) is 9.37 Å². The first-order valence-corrected chi connectivity index (χ1v) is 9.17. The Labute approximate surface area is 160 Å². The zero-order chi connectivity index (χ0) is 19.2. The molecular formula is C20H19FN2O3S. The van der Waals surface area contributed by atoms with Crippen molar-refractivity contribution in [3.05, 3.63) is 75.5 Å². The van der Waals surface area contributed by atoms with Gasteiger partial charge in [-0.2, -0.15) is 0 Å². The van der Waals surface area contributed by atoms with Gasteiger partial charge in [0.1, 0.15) is 23.1 Å². The summed E-state index contributed by atoms with van der Waals surface area (Å²) >= 11 is 1.34. The zero-order valence-electron chi connectivity index (χ0n) is 15.0. The Morgan fingerprint density at radius 1 is 1.22 bits per heavy atom. The van der Waals surface area contributed by atoms with Crippen LogP contribution in [0.25, 0.3) is 0 Å². The van der Waals surface area contributed by atoms with E-state index in [9.17, 15) is 9.18 Å². The van der Waals surface area contributed by atoms with Gasteiger partial charge < -0.3 is 14.8 Å². The molecule has 1 aromatic heterocycles. The number of thiazole rings is 1. The molecule has 0 fully saturated rings. The lowest BCUT2D eigenvalue weighted by Crippen LogP contribution is -2.23. The molecule has 0 bridgehead atoms.